The maximum absolute atomic E-state index is 11.8. The molecule has 0 atom stereocenters. The van der Waals surface area contributed by atoms with Gasteiger partial charge in [-0.05, 0) is 38.5 Å². The first-order valence-electron chi connectivity index (χ1n) is 7.99. The van der Waals surface area contributed by atoms with Crippen molar-refractivity contribution in [2.45, 2.75) is 33.2 Å². The predicted molar refractivity (Wildman–Crippen MR) is 96.4 cm³/mol. The molecule has 0 aliphatic rings. The first-order valence-corrected chi connectivity index (χ1v) is 8.81. The number of carbonyl (C=O) groups is 2. The van der Waals surface area contributed by atoms with Crippen LogP contribution < -0.4 is 14.8 Å². The van der Waals surface area contributed by atoms with Crippen molar-refractivity contribution >= 4 is 23.0 Å². The number of nitrogens with zero attached hydrogens (tertiary/aromatic N) is 1. The largest absolute Gasteiger partial charge is 0.493 e. The highest BCUT2D eigenvalue weighted by atomic mass is 32.1. The summed E-state index contributed by atoms with van der Waals surface area (Å²) in [5, 5.41) is 3.86. The molecule has 0 spiro atoms. The lowest BCUT2D eigenvalue weighted by atomic mass is 10.1. The van der Waals surface area contributed by atoms with Crippen LogP contribution in [-0.2, 0) is 11.3 Å². The van der Waals surface area contributed by atoms with Gasteiger partial charge in [-0.15, -0.1) is 11.3 Å². The number of ketones is 1. The number of aryl methyl sites for hydroxylation is 1. The van der Waals surface area contributed by atoms with Crippen molar-refractivity contribution in [3.05, 3.63) is 39.8 Å². The Morgan fingerprint density at radius 1 is 1.28 bits per heavy atom. The molecule has 2 rings (SSSR count). The summed E-state index contributed by atoms with van der Waals surface area (Å²) >= 11 is 1.57. The Bertz CT molecular complexity index is 742. The van der Waals surface area contributed by atoms with Crippen molar-refractivity contribution in [2.24, 2.45) is 0 Å². The summed E-state index contributed by atoms with van der Waals surface area (Å²) in [6.07, 6.45) is 2.75. The fourth-order valence-corrected chi connectivity index (χ4v) is 2.92. The van der Waals surface area contributed by atoms with Crippen LogP contribution in [0, 0.1) is 6.92 Å². The maximum atomic E-state index is 11.8. The van der Waals surface area contributed by atoms with Crippen LogP contribution in [0.2, 0.25) is 0 Å². The molecule has 0 aliphatic heterocycles. The summed E-state index contributed by atoms with van der Waals surface area (Å²) < 4.78 is 10.9. The molecule has 1 aromatic heterocycles. The van der Waals surface area contributed by atoms with Crippen LogP contribution >= 0.6 is 11.3 Å². The number of carbonyl (C=O) groups excluding carboxylic acids is 2. The zero-order valence-electron chi connectivity index (χ0n) is 14.6. The Kier molecular flexibility index (Phi) is 6.94. The normalized spacial score (nSPS) is 10.4. The molecule has 1 N–H and O–H groups in total. The van der Waals surface area contributed by atoms with Gasteiger partial charge >= 0.3 is 0 Å². The molecule has 25 heavy (non-hydrogen) atoms. The van der Waals surface area contributed by atoms with Crippen molar-refractivity contribution < 1.29 is 19.1 Å². The summed E-state index contributed by atoms with van der Waals surface area (Å²) in [5.74, 6) is 1.02. The second kappa shape index (κ2) is 9.17. The van der Waals surface area contributed by atoms with Gasteiger partial charge in [0.15, 0.2) is 17.3 Å². The van der Waals surface area contributed by atoms with E-state index in [2.05, 4.69) is 10.3 Å². The van der Waals surface area contributed by atoms with Gasteiger partial charge in [-0.1, -0.05) is 0 Å². The molecule has 0 aliphatic carbocycles. The zero-order chi connectivity index (χ0) is 18.2. The molecule has 0 fully saturated rings. The van der Waals surface area contributed by atoms with Gasteiger partial charge < -0.3 is 14.8 Å². The number of methoxy groups -OCH3 is 1. The minimum absolute atomic E-state index is 0.0199. The van der Waals surface area contributed by atoms with Gasteiger partial charge in [-0.3, -0.25) is 9.59 Å². The van der Waals surface area contributed by atoms with E-state index >= 15 is 0 Å². The summed E-state index contributed by atoms with van der Waals surface area (Å²) in [4.78, 5) is 28.4. The third-order valence-electron chi connectivity index (χ3n) is 3.50. The summed E-state index contributed by atoms with van der Waals surface area (Å²) in [6, 6.07) is 5.06. The molecule has 1 amide bonds. The number of Topliss-reactive ketones (excluding diaryl/α,β-unsaturated/α-hetero) is 1. The first-order chi connectivity index (χ1) is 12.0. The number of rotatable bonds is 9. The molecule has 1 aromatic carbocycles. The lowest BCUT2D eigenvalue weighted by molar-refractivity contribution is -0.121. The third kappa shape index (κ3) is 5.86. The zero-order valence-corrected chi connectivity index (χ0v) is 15.4. The van der Waals surface area contributed by atoms with Gasteiger partial charge in [0.1, 0.15) is 0 Å². The van der Waals surface area contributed by atoms with Gasteiger partial charge in [-0.2, -0.15) is 0 Å². The highest BCUT2D eigenvalue weighted by molar-refractivity contribution is 7.11. The summed E-state index contributed by atoms with van der Waals surface area (Å²) in [7, 11) is 1.53. The monoisotopic (exact) mass is 362 g/mol. The maximum Gasteiger partial charge on any atom is 0.220 e. The molecule has 1 heterocycles. The fraction of sp³-hybridized carbons (Fsp3) is 0.389. The van der Waals surface area contributed by atoms with E-state index in [1.165, 1.54) is 14.0 Å². The first kappa shape index (κ1) is 18.9. The average Bonchev–Trinajstić information content (AvgIpc) is 3.02. The van der Waals surface area contributed by atoms with E-state index in [9.17, 15) is 9.59 Å². The Labute approximate surface area is 151 Å². The van der Waals surface area contributed by atoms with E-state index in [0.717, 1.165) is 9.88 Å². The highest BCUT2D eigenvalue weighted by Crippen LogP contribution is 2.28. The van der Waals surface area contributed by atoms with Crippen molar-refractivity contribution in [1.29, 1.82) is 0 Å². The van der Waals surface area contributed by atoms with Gasteiger partial charge in [0, 0.05) is 23.1 Å². The molecule has 0 unspecified atom stereocenters. The SMILES string of the molecule is COc1cc(C(C)=O)ccc1OCCCC(=O)NCc1cnc(C)s1. The van der Waals surface area contributed by atoms with E-state index in [1.807, 2.05) is 6.92 Å². The van der Waals surface area contributed by atoms with Gasteiger partial charge in [-0.25, -0.2) is 4.98 Å². The molecule has 7 heteroatoms. The van der Waals surface area contributed by atoms with Gasteiger partial charge in [0.2, 0.25) is 5.91 Å². The summed E-state index contributed by atoms with van der Waals surface area (Å²) in [5.41, 5.74) is 0.571. The lowest BCUT2D eigenvalue weighted by Crippen LogP contribution is -2.22. The van der Waals surface area contributed by atoms with Crippen molar-refractivity contribution in [3.63, 3.8) is 0 Å². The van der Waals surface area contributed by atoms with Crippen LogP contribution in [0.25, 0.3) is 0 Å². The minimum atomic E-state index is -0.0299. The Morgan fingerprint density at radius 3 is 2.72 bits per heavy atom. The molecule has 6 nitrogen and oxygen atoms in total. The van der Waals surface area contributed by atoms with Crippen LogP contribution in [0.5, 0.6) is 11.5 Å². The molecule has 0 radical (unpaired) electrons. The molecule has 0 saturated carbocycles. The molecule has 0 saturated heterocycles. The number of hydrogen-bond donors (Lipinski definition) is 1. The van der Waals surface area contributed by atoms with Crippen molar-refractivity contribution in [1.82, 2.24) is 10.3 Å². The second-order valence-electron chi connectivity index (χ2n) is 5.50. The molecular weight excluding hydrogens is 340 g/mol. The minimum Gasteiger partial charge on any atom is -0.493 e. The Balaban J connectivity index is 1.73. The van der Waals surface area contributed by atoms with E-state index in [0.29, 0.717) is 43.1 Å². The van der Waals surface area contributed by atoms with E-state index in [4.69, 9.17) is 9.47 Å². The Hall–Kier alpha value is -2.41. The number of nitrogens with one attached hydrogen (secondary N) is 1. The van der Waals surface area contributed by atoms with Crippen molar-refractivity contribution in [2.75, 3.05) is 13.7 Å². The number of amides is 1. The highest BCUT2D eigenvalue weighted by Gasteiger charge is 2.09. The van der Waals surface area contributed by atoms with E-state index in [1.54, 1.807) is 35.7 Å². The number of aromatic nitrogens is 1. The second-order valence-corrected chi connectivity index (χ2v) is 6.82. The average molecular weight is 362 g/mol. The topological polar surface area (TPSA) is 77.5 Å². The number of thiazole rings is 1. The molecule has 134 valence electrons. The Morgan fingerprint density at radius 2 is 2.08 bits per heavy atom. The third-order valence-corrected chi connectivity index (χ3v) is 4.42. The van der Waals surface area contributed by atoms with Crippen LogP contribution in [0.4, 0.5) is 0 Å². The number of hydrogen-bond acceptors (Lipinski definition) is 6. The smallest absolute Gasteiger partial charge is 0.220 e. The summed E-state index contributed by atoms with van der Waals surface area (Å²) in [6.45, 7) is 4.33. The molecular formula is C18H22N2O4S. The standard InChI is InChI=1S/C18H22N2O4S/c1-12(21)14-6-7-16(17(9-14)23-3)24-8-4-5-18(22)20-11-15-10-19-13(2)25-15/h6-7,9-10H,4-5,8,11H2,1-3H3,(H,20,22). The van der Waals surface area contributed by atoms with Crippen LogP contribution in [0.3, 0.4) is 0 Å². The van der Waals surface area contributed by atoms with Gasteiger partial charge in [0.05, 0.1) is 25.3 Å². The predicted octanol–water partition coefficient (Wildman–Crippen LogP) is 3.14. The van der Waals surface area contributed by atoms with Crippen LogP contribution in [-0.4, -0.2) is 30.4 Å². The van der Waals surface area contributed by atoms with E-state index in [-0.39, 0.29) is 11.7 Å². The lowest BCUT2D eigenvalue weighted by Gasteiger charge is -2.11. The van der Waals surface area contributed by atoms with Crippen LogP contribution in [0.1, 0.15) is 40.0 Å². The number of benzene rings is 1. The van der Waals surface area contributed by atoms with E-state index < -0.39 is 0 Å². The molecule has 0 bridgehead atoms. The fourth-order valence-electron chi connectivity index (χ4n) is 2.18. The van der Waals surface area contributed by atoms with Crippen molar-refractivity contribution in [3.8, 4) is 11.5 Å². The quantitative estimate of drug-likeness (QED) is 0.548. The molecule has 2 aromatic rings. The van der Waals surface area contributed by atoms with Gasteiger partial charge in [0.25, 0.3) is 0 Å². The van der Waals surface area contributed by atoms with Crippen LogP contribution in [0.15, 0.2) is 24.4 Å². The number of ether oxygens (including phenoxy) is 2.